The predicted molar refractivity (Wildman–Crippen MR) is 97.4 cm³/mol. The zero-order valence-electron chi connectivity index (χ0n) is 15.2. The van der Waals surface area contributed by atoms with Gasteiger partial charge in [0.15, 0.2) is 0 Å². The summed E-state index contributed by atoms with van der Waals surface area (Å²) < 4.78 is 0. The number of hydrogen-bond donors (Lipinski definition) is 3. The van der Waals surface area contributed by atoms with Crippen molar-refractivity contribution in [2.24, 2.45) is 17.8 Å². The molecule has 5 fully saturated rings. The molecule has 0 saturated heterocycles. The molecule has 1 heterocycles. The maximum Gasteiger partial charge on any atom is 0.254 e. The summed E-state index contributed by atoms with van der Waals surface area (Å²) in [5.74, 6) is 1.95. The maximum absolute atomic E-state index is 13.1. The molecule has 6 heteroatoms. The summed E-state index contributed by atoms with van der Waals surface area (Å²) in [4.78, 5) is 21.6. The smallest absolute Gasteiger partial charge is 0.254 e. The molecule has 2 atom stereocenters. The molecule has 4 bridgehead atoms. The minimum absolute atomic E-state index is 0.0589. The van der Waals surface area contributed by atoms with E-state index in [4.69, 9.17) is 5.73 Å². The van der Waals surface area contributed by atoms with Gasteiger partial charge in [0.05, 0.1) is 16.9 Å². The fraction of sp³-hybridized carbons (Fsp3) is 0.750. The second-order valence-electron chi connectivity index (χ2n) is 9.20. The zero-order valence-corrected chi connectivity index (χ0v) is 15.2. The standard InChI is InChI=1S/C20H28N4O2/c21-19-22-10-15(17(24-19)12-3-1-2-4-12)18(25)23-16-13-5-11-6-14(16)9-20(26,7-11)8-13/h10-14,16,26H,1-9H2,(H,23,25)(H2,21,22,24). The second kappa shape index (κ2) is 5.91. The van der Waals surface area contributed by atoms with Crippen LogP contribution in [0.25, 0.3) is 0 Å². The van der Waals surface area contributed by atoms with Gasteiger partial charge in [-0.3, -0.25) is 4.79 Å². The van der Waals surface area contributed by atoms with E-state index >= 15 is 0 Å². The Hall–Kier alpha value is -1.69. The van der Waals surface area contributed by atoms with Crippen molar-refractivity contribution in [2.45, 2.75) is 75.3 Å². The summed E-state index contributed by atoms with van der Waals surface area (Å²) >= 11 is 0. The molecule has 0 spiro atoms. The Bertz CT molecular complexity index is 715. The third-order valence-electron chi connectivity index (χ3n) is 7.36. The van der Waals surface area contributed by atoms with Crippen LogP contribution in [0.3, 0.4) is 0 Å². The minimum atomic E-state index is -0.475. The van der Waals surface area contributed by atoms with Crippen LogP contribution in [0.4, 0.5) is 5.95 Å². The number of nitrogens with zero attached hydrogens (tertiary/aromatic N) is 2. The first-order valence-electron chi connectivity index (χ1n) is 10.2. The largest absolute Gasteiger partial charge is 0.390 e. The molecule has 5 aliphatic carbocycles. The molecule has 6 rings (SSSR count). The van der Waals surface area contributed by atoms with Crippen molar-refractivity contribution in [3.05, 3.63) is 17.5 Å². The molecule has 26 heavy (non-hydrogen) atoms. The lowest BCUT2D eigenvalue weighted by atomic mass is 9.52. The van der Waals surface area contributed by atoms with Crippen molar-refractivity contribution in [3.63, 3.8) is 0 Å². The number of nitrogens with two attached hydrogens (primary N) is 1. The van der Waals surface area contributed by atoms with E-state index in [9.17, 15) is 9.90 Å². The van der Waals surface area contributed by atoms with Gasteiger partial charge in [0.1, 0.15) is 0 Å². The fourth-order valence-corrected chi connectivity index (χ4v) is 6.54. The van der Waals surface area contributed by atoms with E-state index < -0.39 is 5.60 Å². The molecule has 1 aromatic heterocycles. The van der Waals surface area contributed by atoms with Crippen molar-refractivity contribution < 1.29 is 9.90 Å². The quantitative estimate of drug-likeness (QED) is 0.772. The predicted octanol–water partition coefficient (Wildman–Crippen LogP) is 2.39. The Labute approximate surface area is 154 Å². The van der Waals surface area contributed by atoms with E-state index in [1.165, 1.54) is 12.8 Å². The molecule has 0 radical (unpaired) electrons. The molecule has 2 unspecified atom stereocenters. The van der Waals surface area contributed by atoms with Gasteiger partial charge in [0.2, 0.25) is 5.95 Å². The average Bonchev–Trinajstić information content (AvgIpc) is 3.11. The third kappa shape index (κ3) is 2.70. The van der Waals surface area contributed by atoms with Gasteiger partial charge < -0.3 is 16.2 Å². The summed E-state index contributed by atoms with van der Waals surface area (Å²) in [6, 6.07) is 0.174. The van der Waals surface area contributed by atoms with E-state index in [-0.39, 0.29) is 17.9 Å². The fourth-order valence-electron chi connectivity index (χ4n) is 6.54. The maximum atomic E-state index is 13.1. The summed E-state index contributed by atoms with van der Waals surface area (Å²) in [5, 5.41) is 14.1. The monoisotopic (exact) mass is 356 g/mol. The van der Waals surface area contributed by atoms with Gasteiger partial charge in [-0.1, -0.05) is 12.8 Å². The molecule has 5 saturated carbocycles. The van der Waals surface area contributed by atoms with Crippen molar-refractivity contribution in [3.8, 4) is 0 Å². The first-order valence-corrected chi connectivity index (χ1v) is 10.2. The van der Waals surface area contributed by atoms with E-state index in [1.54, 1.807) is 6.20 Å². The molecule has 5 aliphatic rings. The number of nitrogens with one attached hydrogen (secondary N) is 1. The van der Waals surface area contributed by atoms with Crippen LogP contribution < -0.4 is 11.1 Å². The Balaban J connectivity index is 1.38. The van der Waals surface area contributed by atoms with Crippen molar-refractivity contribution in [1.29, 1.82) is 0 Å². The van der Waals surface area contributed by atoms with Crippen molar-refractivity contribution in [1.82, 2.24) is 15.3 Å². The van der Waals surface area contributed by atoms with Gasteiger partial charge in [-0.15, -0.1) is 0 Å². The Kier molecular flexibility index (Phi) is 3.75. The molecule has 4 N–H and O–H groups in total. The number of carbonyl (C=O) groups excluding carboxylic acids is 1. The highest BCUT2D eigenvalue weighted by atomic mass is 16.3. The number of anilines is 1. The summed E-state index contributed by atoms with van der Waals surface area (Å²) in [6.07, 6.45) is 11.0. The van der Waals surface area contributed by atoms with Crippen LogP contribution in [0.5, 0.6) is 0 Å². The van der Waals surface area contributed by atoms with Gasteiger partial charge in [0.25, 0.3) is 5.91 Å². The second-order valence-corrected chi connectivity index (χ2v) is 9.20. The highest BCUT2D eigenvalue weighted by Gasteiger charge is 2.55. The van der Waals surface area contributed by atoms with Gasteiger partial charge in [-0.25, -0.2) is 9.97 Å². The number of aromatic nitrogens is 2. The van der Waals surface area contributed by atoms with Crippen LogP contribution in [-0.2, 0) is 0 Å². The molecule has 0 aromatic carbocycles. The van der Waals surface area contributed by atoms with Crippen molar-refractivity contribution in [2.75, 3.05) is 5.73 Å². The number of aliphatic hydroxyl groups is 1. The van der Waals surface area contributed by atoms with Crippen LogP contribution in [0.1, 0.15) is 79.8 Å². The Morgan fingerprint density at radius 3 is 2.54 bits per heavy atom. The molecule has 0 aliphatic heterocycles. The lowest BCUT2D eigenvalue weighted by Gasteiger charge is -2.58. The van der Waals surface area contributed by atoms with Crippen molar-refractivity contribution >= 4 is 11.9 Å². The SMILES string of the molecule is Nc1ncc(C(=O)NC2C3CC4CC2CC(O)(C4)C3)c(C2CCCC2)n1. The van der Waals surface area contributed by atoms with E-state index in [1.807, 2.05) is 0 Å². The van der Waals surface area contributed by atoms with Crippen LogP contribution in [0, 0.1) is 17.8 Å². The molecule has 1 aromatic rings. The van der Waals surface area contributed by atoms with Gasteiger partial charge in [-0.05, 0) is 62.7 Å². The molecular formula is C20H28N4O2. The Morgan fingerprint density at radius 1 is 1.19 bits per heavy atom. The lowest BCUT2D eigenvalue weighted by Crippen LogP contribution is -2.61. The first kappa shape index (κ1) is 16.5. The topological polar surface area (TPSA) is 101 Å². The van der Waals surface area contributed by atoms with E-state index in [0.717, 1.165) is 50.6 Å². The van der Waals surface area contributed by atoms with Gasteiger partial charge in [-0.2, -0.15) is 0 Å². The molecule has 1 amide bonds. The van der Waals surface area contributed by atoms with Crippen LogP contribution in [-0.4, -0.2) is 32.6 Å². The van der Waals surface area contributed by atoms with Crippen LogP contribution in [0.15, 0.2) is 6.20 Å². The summed E-state index contributed by atoms with van der Waals surface area (Å²) in [5.41, 5.74) is 6.76. The minimum Gasteiger partial charge on any atom is -0.390 e. The normalized spacial score (nSPS) is 38.7. The zero-order chi connectivity index (χ0) is 17.9. The van der Waals surface area contributed by atoms with E-state index in [2.05, 4.69) is 15.3 Å². The van der Waals surface area contributed by atoms with Crippen LogP contribution >= 0.6 is 0 Å². The number of amides is 1. The van der Waals surface area contributed by atoms with E-state index in [0.29, 0.717) is 29.2 Å². The van der Waals surface area contributed by atoms with Gasteiger partial charge in [0, 0.05) is 18.2 Å². The third-order valence-corrected chi connectivity index (χ3v) is 7.36. The highest BCUT2D eigenvalue weighted by Crippen LogP contribution is 2.55. The Morgan fingerprint density at radius 2 is 1.88 bits per heavy atom. The summed E-state index contributed by atoms with van der Waals surface area (Å²) in [6.45, 7) is 0. The number of rotatable bonds is 3. The molecule has 140 valence electrons. The highest BCUT2D eigenvalue weighted by molar-refractivity contribution is 5.95. The number of hydrogen-bond acceptors (Lipinski definition) is 5. The first-order chi connectivity index (χ1) is 12.5. The number of carbonyl (C=O) groups is 1. The average molecular weight is 356 g/mol. The molecular weight excluding hydrogens is 328 g/mol. The molecule has 6 nitrogen and oxygen atoms in total. The lowest BCUT2D eigenvalue weighted by molar-refractivity contribution is -0.136. The summed E-state index contributed by atoms with van der Waals surface area (Å²) in [7, 11) is 0. The number of nitrogen functional groups attached to an aromatic ring is 1. The van der Waals surface area contributed by atoms with Gasteiger partial charge >= 0.3 is 0 Å². The van der Waals surface area contributed by atoms with Crippen LogP contribution in [0.2, 0.25) is 0 Å².